The van der Waals surface area contributed by atoms with Gasteiger partial charge in [0.15, 0.2) is 12.4 Å². The zero-order valence-electron chi connectivity index (χ0n) is 18.5. The quantitative estimate of drug-likeness (QED) is 0.369. The summed E-state index contributed by atoms with van der Waals surface area (Å²) in [5, 5.41) is 0. The molecule has 2 aromatic carbocycles. The van der Waals surface area contributed by atoms with Crippen LogP contribution in [0.15, 0.2) is 54.6 Å². The predicted octanol–water partition coefficient (Wildman–Crippen LogP) is 3.99. The Bertz CT molecular complexity index is 1120. The SMILES string of the molecule is CCCc1c(C(=O)NNC(=O)COc2ccccc2-c2ccccc2)[nH]c(C)c1C(C)=O. The minimum absolute atomic E-state index is 0.101. The van der Waals surface area contributed by atoms with Gasteiger partial charge in [0.1, 0.15) is 11.4 Å². The van der Waals surface area contributed by atoms with Gasteiger partial charge >= 0.3 is 0 Å². The predicted molar refractivity (Wildman–Crippen MR) is 123 cm³/mol. The van der Waals surface area contributed by atoms with Gasteiger partial charge in [0.05, 0.1) is 0 Å². The number of nitrogens with one attached hydrogen (secondary N) is 3. The van der Waals surface area contributed by atoms with Crippen molar-refractivity contribution in [3.05, 3.63) is 77.1 Å². The number of carbonyl (C=O) groups is 3. The first kappa shape index (κ1) is 22.8. The number of hydrogen-bond donors (Lipinski definition) is 3. The third-order valence-electron chi connectivity index (χ3n) is 5.02. The number of para-hydroxylation sites is 1. The molecule has 7 nitrogen and oxygen atoms in total. The number of ether oxygens (including phenoxy) is 1. The van der Waals surface area contributed by atoms with Gasteiger partial charge in [-0.2, -0.15) is 0 Å². The summed E-state index contributed by atoms with van der Waals surface area (Å²) in [6.07, 6.45) is 1.36. The number of carbonyl (C=O) groups excluding carboxylic acids is 3. The van der Waals surface area contributed by atoms with Gasteiger partial charge in [-0.05, 0) is 37.5 Å². The van der Waals surface area contributed by atoms with Gasteiger partial charge in [0, 0.05) is 16.8 Å². The van der Waals surface area contributed by atoms with Crippen molar-refractivity contribution >= 4 is 17.6 Å². The molecule has 1 heterocycles. The number of Topliss-reactive ketones (excluding diaryl/α,β-unsaturated/α-hetero) is 1. The van der Waals surface area contributed by atoms with Crippen molar-refractivity contribution in [1.82, 2.24) is 15.8 Å². The van der Waals surface area contributed by atoms with E-state index in [-0.39, 0.29) is 18.1 Å². The topological polar surface area (TPSA) is 100 Å². The van der Waals surface area contributed by atoms with E-state index >= 15 is 0 Å². The summed E-state index contributed by atoms with van der Waals surface area (Å²) in [5.41, 5.74) is 8.73. The summed E-state index contributed by atoms with van der Waals surface area (Å²) in [6.45, 7) is 4.93. The number of aryl methyl sites for hydroxylation is 1. The van der Waals surface area contributed by atoms with E-state index in [0.29, 0.717) is 29.0 Å². The highest BCUT2D eigenvalue weighted by Crippen LogP contribution is 2.29. The molecule has 3 aromatic rings. The molecule has 0 aliphatic rings. The monoisotopic (exact) mass is 433 g/mol. The average molecular weight is 434 g/mol. The zero-order chi connectivity index (χ0) is 23.1. The fraction of sp³-hybridized carbons (Fsp3) is 0.240. The van der Waals surface area contributed by atoms with Crippen LogP contribution in [0, 0.1) is 6.92 Å². The zero-order valence-corrected chi connectivity index (χ0v) is 18.5. The van der Waals surface area contributed by atoms with E-state index in [4.69, 9.17) is 4.74 Å². The lowest BCUT2D eigenvalue weighted by Gasteiger charge is -2.12. The van der Waals surface area contributed by atoms with E-state index in [1.54, 1.807) is 13.0 Å². The van der Waals surface area contributed by atoms with E-state index in [1.807, 2.05) is 55.5 Å². The number of benzene rings is 2. The molecule has 32 heavy (non-hydrogen) atoms. The van der Waals surface area contributed by atoms with E-state index in [1.165, 1.54) is 6.92 Å². The standard InChI is InChI=1S/C25H27N3O4/c1-4-10-20-23(17(3)29)16(2)26-24(20)25(31)28-27-22(30)15-32-21-14-9-8-13-19(21)18-11-6-5-7-12-18/h5-9,11-14,26H,4,10,15H2,1-3H3,(H,27,30)(H,28,31). The number of hydrogen-bond acceptors (Lipinski definition) is 4. The number of H-pyrrole nitrogens is 1. The summed E-state index contributed by atoms with van der Waals surface area (Å²) in [4.78, 5) is 39.9. The molecule has 0 radical (unpaired) electrons. The van der Waals surface area contributed by atoms with Gasteiger partial charge in [-0.3, -0.25) is 25.2 Å². The smallest absolute Gasteiger partial charge is 0.286 e. The van der Waals surface area contributed by atoms with Crippen LogP contribution in [0.2, 0.25) is 0 Å². The Morgan fingerprint density at radius 3 is 2.34 bits per heavy atom. The summed E-state index contributed by atoms with van der Waals surface area (Å²) in [5.74, 6) is -0.553. The molecular formula is C25H27N3O4. The maximum absolute atomic E-state index is 12.6. The number of aromatic nitrogens is 1. The number of ketones is 1. The van der Waals surface area contributed by atoms with Crippen molar-refractivity contribution in [1.29, 1.82) is 0 Å². The van der Waals surface area contributed by atoms with Crippen LogP contribution in [0.1, 0.15) is 52.4 Å². The Morgan fingerprint density at radius 2 is 1.66 bits per heavy atom. The molecule has 0 saturated carbocycles. The highest BCUT2D eigenvalue weighted by atomic mass is 16.5. The Labute approximate surface area is 187 Å². The minimum atomic E-state index is -0.512. The van der Waals surface area contributed by atoms with Gasteiger partial charge in [-0.1, -0.05) is 61.9 Å². The van der Waals surface area contributed by atoms with E-state index in [2.05, 4.69) is 15.8 Å². The lowest BCUT2D eigenvalue weighted by atomic mass is 10.0. The van der Waals surface area contributed by atoms with Gasteiger partial charge in [0.25, 0.3) is 11.8 Å². The third kappa shape index (κ3) is 5.24. The second-order valence-corrected chi connectivity index (χ2v) is 7.44. The highest BCUT2D eigenvalue weighted by molar-refractivity contribution is 6.03. The fourth-order valence-electron chi connectivity index (χ4n) is 3.66. The molecule has 0 bridgehead atoms. The molecule has 0 unspecified atom stereocenters. The second-order valence-electron chi connectivity index (χ2n) is 7.44. The molecule has 0 aliphatic carbocycles. The molecule has 3 rings (SSSR count). The fourth-order valence-corrected chi connectivity index (χ4v) is 3.66. The number of aromatic amines is 1. The molecular weight excluding hydrogens is 406 g/mol. The van der Waals surface area contributed by atoms with E-state index < -0.39 is 11.8 Å². The van der Waals surface area contributed by atoms with Gasteiger partial charge in [0.2, 0.25) is 0 Å². The number of hydrazine groups is 1. The van der Waals surface area contributed by atoms with Crippen LogP contribution in [0.3, 0.4) is 0 Å². The Balaban J connectivity index is 1.63. The Hall–Kier alpha value is -3.87. The lowest BCUT2D eigenvalue weighted by molar-refractivity contribution is -0.123. The molecule has 0 fully saturated rings. The largest absolute Gasteiger partial charge is 0.483 e. The molecule has 0 aliphatic heterocycles. The van der Waals surface area contributed by atoms with E-state index in [0.717, 1.165) is 17.5 Å². The maximum atomic E-state index is 12.6. The molecule has 0 atom stereocenters. The molecule has 166 valence electrons. The Kier molecular flexibility index (Phi) is 7.44. The van der Waals surface area contributed by atoms with Crippen molar-refractivity contribution in [2.45, 2.75) is 33.6 Å². The number of amides is 2. The minimum Gasteiger partial charge on any atom is -0.483 e. The third-order valence-corrected chi connectivity index (χ3v) is 5.02. The van der Waals surface area contributed by atoms with Crippen molar-refractivity contribution in [2.75, 3.05) is 6.61 Å². The van der Waals surface area contributed by atoms with Crippen molar-refractivity contribution in [2.24, 2.45) is 0 Å². The summed E-state index contributed by atoms with van der Waals surface area (Å²) in [6, 6.07) is 17.2. The van der Waals surface area contributed by atoms with Gasteiger partial charge in [-0.15, -0.1) is 0 Å². The Morgan fingerprint density at radius 1 is 0.969 bits per heavy atom. The maximum Gasteiger partial charge on any atom is 0.286 e. The highest BCUT2D eigenvalue weighted by Gasteiger charge is 2.22. The lowest BCUT2D eigenvalue weighted by Crippen LogP contribution is -2.44. The molecule has 7 heteroatoms. The van der Waals surface area contributed by atoms with Crippen molar-refractivity contribution < 1.29 is 19.1 Å². The molecule has 0 spiro atoms. The van der Waals surface area contributed by atoms with Crippen LogP contribution in [-0.2, 0) is 11.2 Å². The summed E-state index contributed by atoms with van der Waals surface area (Å²) in [7, 11) is 0. The van der Waals surface area contributed by atoms with Crippen LogP contribution in [-0.4, -0.2) is 29.2 Å². The summed E-state index contributed by atoms with van der Waals surface area (Å²) < 4.78 is 5.69. The first-order valence-corrected chi connectivity index (χ1v) is 10.5. The van der Waals surface area contributed by atoms with Crippen LogP contribution in [0.25, 0.3) is 11.1 Å². The van der Waals surface area contributed by atoms with Crippen LogP contribution >= 0.6 is 0 Å². The van der Waals surface area contributed by atoms with Gasteiger partial charge in [-0.25, -0.2) is 0 Å². The van der Waals surface area contributed by atoms with Crippen LogP contribution in [0.5, 0.6) is 5.75 Å². The van der Waals surface area contributed by atoms with Crippen molar-refractivity contribution in [3.63, 3.8) is 0 Å². The summed E-state index contributed by atoms with van der Waals surface area (Å²) >= 11 is 0. The molecule has 0 saturated heterocycles. The molecule has 1 aromatic heterocycles. The van der Waals surface area contributed by atoms with Crippen LogP contribution < -0.4 is 15.6 Å². The van der Waals surface area contributed by atoms with E-state index in [9.17, 15) is 14.4 Å². The normalized spacial score (nSPS) is 10.5. The van der Waals surface area contributed by atoms with Gasteiger partial charge < -0.3 is 9.72 Å². The first-order chi connectivity index (χ1) is 15.4. The average Bonchev–Trinajstić information content (AvgIpc) is 3.13. The van der Waals surface area contributed by atoms with Crippen LogP contribution in [0.4, 0.5) is 0 Å². The number of rotatable bonds is 8. The second kappa shape index (κ2) is 10.4. The first-order valence-electron chi connectivity index (χ1n) is 10.5. The molecule has 2 amide bonds. The van der Waals surface area contributed by atoms with Crippen molar-refractivity contribution in [3.8, 4) is 16.9 Å². The molecule has 3 N–H and O–H groups in total.